The lowest BCUT2D eigenvalue weighted by Crippen LogP contribution is -2.13. The average molecular weight is 273 g/mol. The summed E-state index contributed by atoms with van der Waals surface area (Å²) in [6.45, 7) is 2.04. The Balaban J connectivity index is 2.19. The maximum absolute atomic E-state index is 11.9. The smallest absolute Gasteiger partial charge is 0.318 e. The number of carbonyl (C=O) groups excluding carboxylic acids is 1. The quantitative estimate of drug-likeness (QED) is 0.683. The number of fused-ring (bicyclic) bond motifs is 1. The highest BCUT2D eigenvalue weighted by Crippen LogP contribution is 2.19. The first-order valence-corrected chi connectivity index (χ1v) is 6.53. The third-order valence-electron chi connectivity index (χ3n) is 2.87. The first-order chi connectivity index (χ1) is 9.16. The molecule has 96 valence electrons. The number of benzene rings is 1. The first-order valence-electron chi connectivity index (χ1n) is 5.71. The van der Waals surface area contributed by atoms with Gasteiger partial charge in [-0.05, 0) is 18.6 Å². The fraction of sp³-hybridized carbons (Fsp3) is 0.154. The Morgan fingerprint density at radius 2 is 2.26 bits per heavy atom. The number of para-hydroxylation sites is 1. The SMILES string of the molecule is Cc1cccc2sc(=NC(=O)c3ccno3)n(C)c12. The van der Waals surface area contributed by atoms with Gasteiger partial charge in [-0.3, -0.25) is 4.79 Å². The molecule has 2 aromatic heterocycles. The second-order valence-electron chi connectivity index (χ2n) is 4.16. The van der Waals surface area contributed by atoms with E-state index in [0.717, 1.165) is 15.8 Å². The van der Waals surface area contributed by atoms with E-state index < -0.39 is 5.91 Å². The summed E-state index contributed by atoms with van der Waals surface area (Å²) in [4.78, 5) is 16.6. The number of hydrogen-bond donors (Lipinski definition) is 0. The van der Waals surface area contributed by atoms with Crippen molar-refractivity contribution >= 4 is 27.5 Å². The highest BCUT2D eigenvalue weighted by atomic mass is 32.1. The zero-order valence-corrected chi connectivity index (χ0v) is 11.3. The van der Waals surface area contributed by atoms with Crippen LogP contribution in [0.15, 0.2) is 40.0 Å². The van der Waals surface area contributed by atoms with Crippen LogP contribution in [0.4, 0.5) is 0 Å². The predicted molar refractivity (Wildman–Crippen MR) is 71.9 cm³/mol. The molecule has 0 saturated carbocycles. The lowest BCUT2D eigenvalue weighted by atomic mass is 10.2. The van der Waals surface area contributed by atoms with Gasteiger partial charge in [0.2, 0.25) is 5.76 Å². The molecule has 0 radical (unpaired) electrons. The van der Waals surface area contributed by atoms with Crippen LogP contribution in [0.1, 0.15) is 16.1 Å². The summed E-state index contributed by atoms with van der Waals surface area (Å²) in [7, 11) is 1.90. The van der Waals surface area contributed by atoms with Crippen molar-refractivity contribution in [3.05, 3.63) is 46.6 Å². The number of hydrogen-bond acceptors (Lipinski definition) is 4. The Hall–Kier alpha value is -2.21. The molecule has 0 aliphatic rings. The molecule has 0 spiro atoms. The summed E-state index contributed by atoms with van der Waals surface area (Å²) < 4.78 is 7.83. The van der Waals surface area contributed by atoms with Gasteiger partial charge in [-0.2, -0.15) is 4.99 Å². The van der Waals surface area contributed by atoms with Crippen molar-refractivity contribution in [2.45, 2.75) is 6.92 Å². The largest absolute Gasteiger partial charge is 0.351 e. The number of nitrogens with zero attached hydrogens (tertiary/aromatic N) is 3. The van der Waals surface area contributed by atoms with Gasteiger partial charge < -0.3 is 9.09 Å². The first kappa shape index (κ1) is 11.9. The van der Waals surface area contributed by atoms with Gasteiger partial charge in [0, 0.05) is 13.1 Å². The van der Waals surface area contributed by atoms with Crippen LogP contribution in [0.2, 0.25) is 0 Å². The summed E-state index contributed by atoms with van der Waals surface area (Å²) in [6.07, 6.45) is 1.43. The number of aryl methyl sites for hydroxylation is 2. The number of carbonyl (C=O) groups is 1. The topological polar surface area (TPSA) is 60.4 Å². The summed E-state index contributed by atoms with van der Waals surface area (Å²) in [5.74, 6) is -0.272. The zero-order valence-electron chi connectivity index (χ0n) is 10.5. The van der Waals surface area contributed by atoms with Crippen LogP contribution in [-0.2, 0) is 7.05 Å². The molecule has 1 amide bonds. The summed E-state index contributed by atoms with van der Waals surface area (Å²) in [6, 6.07) is 7.56. The Morgan fingerprint density at radius 3 is 2.95 bits per heavy atom. The molecular formula is C13H11N3O2S. The maximum Gasteiger partial charge on any atom is 0.318 e. The van der Waals surface area contributed by atoms with Gasteiger partial charge in [0.1, 0.15) is 0 Å². The van der Waals surface area contributed by atoms with Gasteiger partial charge in [0.15, 0.2) is 4.80 Å². The van der Waals surface area contributed by atoms with Gasteiger partial charge in [0.25, 0.3) is 0 Å². The van der Waals surface area contributed by atoms with Gasteiger partial charge in [0.05, 0.1) is 16.4 Å². The van der Waals surface area contributed by atoms with Crippen molar-refractivity contribution in [3.63, 3.8) is 0 Å². The fourth-order valence-electron chi connectivity index (χ4n) is 1.97. The van der Waals surface area contributed by atoms with E-state index in [0.29, 0.717) is 4.80 Å². The number of rotatable bonds is 1. The second kappa shape index (κ2) is 4.47. The molecule has 6 heteroatoms. The minimum atomic E-state index is -0.419. The van der Waals surface area contributed by atoms with E-state index in [-0.39, 0.29) is 5.76 Å². The molecule has 3 aromatic rings. The highest BCUT2D eigenvalue weighted by molar-refractivity contribution is 7.16. The van der Waals surface area contributed by atoms with E-state index in [2.05, 4.69) is 10.1 Å². The summed E-state index contributed by atoms with van der Waals surface area (Å²) in [5, 5.41) is 3.50. The summed E-state index contributed by atoms with van der Waals surface area (Å²) in [5.41, 5.74) is 2.25. The second-order valence-corrected chi connectivity index (χ2v) is 5.17. The van der Waals surface area contributed by atoms with E-state index in [1.807, 2.05) is 36.7 Å². The molecule has 0 aliphatic heterocycles. The monoisotopic (exact) mass is 273 g/mol. The molecule has 19 heavy (non-hydrogen) atoms. The molecule has 0 unspecified atom stereocenters. The minimum Gasteiger partial charge on any atom is -0.351 e. The lowest BCUT2D eigenvalue weighted by molar-refractivity contribution is 0.0962. The molecule has 0 bridgehead atoms. The maximum atomic E-state index is 11.9. The zero-order chi connectivity index (χ0) is 13.4. The highest BCUT2D eigenvalue weighted by Gasteiger charge is 2.10. The summed E-state index contributed by atoms with van der Waals surface area (Å²) >= 11 is 1.48. The molecule has 0 atom stereocenters. The molecule has 0 N–H and O–H groups in total. The third kappa shape index (κ3) is 2.00. The van der Waals surface area contributed by atoms with Crippen LogP contribution >= 0.6 is 11.3 Å². The molecular weight excluding hydrogens is 262 g/mol. The van der Waals surface area contributed by atoms with Crippen molar-refractivity contribution < 1.29 is 9.32 Å². The van der Waals surface area contributed by atoms with Crippen LogP contribution in [0.25, 0.3) is 10.2 Å². The molecule has 1 aromatic carbocycles. The standard InChI is InChI=1S/C13H11N3O2S/c1-8-4-3-5-10-11(8)16(2)13(19-10)15-12(17)9-6-7-14-18-9/h3-7H,1-2H3. The number of amides is 1. The van der Waals surface area contributed by atoms with Crippen molar-refractivity contribution in [1.29, 1.82) is 0 Å². The van der Waals surface area contributed by atoms with Gasteiger partial charge in [-0.1, -0.05) is 28.6 Å². The van der Waals surface area contributed by atoms with E-state index >= 15 is 0 Å². The molecule has 0 fully saturated rings. The van der Waals surface area contributed by atoms with Crippen LogP contribution in [0, 0.1) is 6.92 Å². The van der Waals surface area contributed by atoms with E-state index in [1.165, 1.54) is 23.6 Å². The van der Waals surface area contributed by atoms with Crippen LogP contribution in [0.5, 0.6) is 0 Å². The number of aromatic nitrogens is 2. The van der Waals surface area contributed by atoms with Gasteiger partial charge in [-0.15, -0.1) is 0 Å². The van der Waals surface area contributed by atoms with Gasteiger partial charge >= 0.3 is 5.91 Å². The van der Waals surface area contributed by atoms with Gasteiger partial charge in [-0.25, -0.2) is 0 Å². The molecule has 3 rings (SSSR count). The van der Waals surface area contributed by atoms with E-state index in [1.54, 1.807) is 0 Å². The third-order valence-corrected chi connectivity index (χ3v) is 3.97. The van der Waals surface area contributed by atoms with Crippen molar-refractivity contribution in [1.82, 2.24) is 9.72 Å². The molecule has 2 heterocycles. The Bertz CT molecular complexity index is 812. The molecule has 0 aliphatic carbocycles. The Kier molecular flexibility index (Phi) is 2.79. The average Bonchev–Trinajstić information content (AvgIpc) is 2.99. The van der Waals surface area contributed by atoms with E-state index in [4.69, 9.17) is 4.52 Å². The van der Waals surface area contributed by atoms with E-state index in [9.17, 15) is 4.79 Å². The van der Waals surface area contributed by atoms with Crippen molar-refractivity contribution in [2.24, 2.45) is 12.0 Å². The van der Waals surface area contributed by atoms with Crippen LogP contribution in [0.3, 0.4) is 0 Å². The Labute approximate surface area is 112 Å². The number of thiazole rings is 1. The van der Waals surface area contributed by atoms with Crippen LogP contribution < -0.4 is 4.80 Å². The molecule has 0 saturated heterocycles. The normalized spacial score (nSPS) is 12.2. The minimum absolute atomic E-state index is 0.147. The molecule has 5 nitrogen and oxygen atoms in total. The van der Waals surface area contributed by atoms with Crippen LogP contribution in [-0.4, -0.2) is 15.6 Å². The lowest BCUT2D eigenvalue weighted by Gasteiger charge is -1.98. The van der Waals surface area contributed by atoms with Crippen molar-refractivity contribution in [2.75, 3.05) is 0 Å². The predicted octanol–water partition coefficient (Wildman–Crippen LogP) is 2.28. The Morgan fingerprint density at radius 1 is 1.42 bits per heavy atom. The fourth-order valence-corrected chi connectivity index (χ4v) is 3.07. The van der Waals surface area contributed by atoms with Crippen molar-refractivity contribution in [3.8, 4) is 0 Å².